The van der Waals surface area contributed by atoms with Crippen LogP contribution in [0.5, 0.6) is 0 Å². The number of carbonyl (C=O) groups excluding carboxylic acids is 2. The lowest BCUT2D eigenvalue weighted by Gasteiger charge is -2.37. The molecule has 1 aromatic carbocycles. The van der Waals surface area contributed by atoms with Crippen molar-refractivity contribution in [1.82, 2.24) is 20.4 Å². The van der Waals surface area contributed by atoms with Crippen LogP contribution in [0.25, 0.3) is 0 Å². The Balaban J connectivity index is 1.29. The van der Waals surface area contributed by atoms with Crippen LogP contribution in [0.15, 0.2) is 24.3 Å². The van der Waals surface area contributed by atoms with E-state index in [4.69, 9.17) is 0 Å². The van der Waals surface area contributed by atoms with E-state index in [-0.39, 0.29) is 23.9 Å². The van der Waals surface area contributed by atoms with E-state index in [0.717, 1.165) is 51.9 Å². The zero-order chi connectivity index (χ0) is 21.1. The van der Waals surface area contributed by atoms with Crippen LogP contribution in [-0.2, 0) is 16.1 Å². The molecular weight excluding hydrogens is 378 g/mol. The maximum Gasteiger partial charge on any atom is 0.237 e. The molecule has 3 aliphatic heterocycles. The molecule has 3 saturated heterocycles. The fourth-order valence-electron chi connectivity index (χ4n) is 4.98. The standard InChI is InChI=1S/C23H35N5O2/c1-26(2)19-7-5-17(6-8-19)14-24-18-13-21-23(30)25-15-20(28(21)16-18)9-10-22(29)27-11-3-4-12-27/h5-8,18,20-21,24H,3-4,9-16H2,1-2H3,(H,25,30). The Labute approximate surface area is 179 Å². The van der Waals surface area contributed by atoms with Crippen molar-refractivity contribution in [3.63, 3.8) is 0 Å². The van der Waals surface area contributed by atoms with Gasteiger partial charge in [0.25, 0.3) is 0 Å². The van der Waals surface area contributed by atoms with Crippen LogP contribution >= 0.6 is 0 Å². The van der Waals surface area contributed by atoms with Crippen LogP contribution in [0.2, 0.25) is 0 Å². The predicted molar refractivity (Wildman–Crippen MR) is 118 cm³/mol. The van der Waals surface area contributed by atoms with Crippen LogP contribution in [0.4, 0.5) is 5.69 Å². The highest BCUT2D eigenvalue weighted by Crippen LogP contribution is 2.26. The van der Waals surface area contributed by atoms with Gasteiger partial charge < -0.3 is 20.4 Å². The average molecular weight is 414 g/mol. The molecular formula is C23H35N5O2. The number of hydrogen-bond donors (Lipinski definition) is 2. The van der Waals surface area contributed by atoms with E-state index in [0.29, 0.717) is 19.0 Å². The predicted octanol–water partition coefficient (Wildman–Crippen LogP) is 1.19. The van der Waals surface area contributed by atoms with Gasteiger partial charge in [0.1, 0.15) is 0 Å². The van der Waals surface area contributed by atoms with Crippen molar-refractivity contribution in [2.45, 2.75) is 56.8 Å². The van der Waals surface area contributed by atoms with Gasteiger partial charge in [-0.2, -0.15) is 0 Å². The van der Waals surface area contributed by atoms with Crippen molar-refractivity contribution in [2.24, 2.45) is 0 Å². The Morgan fingerprint density at radius 1 is 1.20 bits per heavy atom. The Morgan fingerprint density at radius 3 is 2.63 bits per heavy atom. The summed E-state index contributed by atoms with van der Waals surface area (Å²) in [4.78, 5) is 31.3. The lowest BCUT2D eigenvalue weighted by atomic mass is 10.0. The average Bonchev–Trinajstić information content (AvgIpc) is 3.42. The Hall–Kier alpha value is -2.12. The van der Waals surface area contributed by atoms with Gasteiger partial charge in [-0.3, -0.25) is 14.5 Å². The van der Waals surface area contributed by atoms with Gasteiger partial charge in [0.15, 0.2) is 0 Å². The molecule has 0 radical (unpaired) electrons. The minimum atomic E-state index is -0.0701. The Kier molecular flexibility index (Phi) is 6.58. The number of anilines is 1. The van der Waals surface area contributed by atoms with Crippen LogP contribution in [0, 0.1) is 0 Å². The van der Waals surface area contributed by atoms with Gasteiger partial charge in [-0.15, -0.1) is 0 Å². The first-order valence-electron chi connectivity index (χ1n) is 11.3. The summed E-state index contributed by atoms with van der Waals surface area (Å²) in [5.74, 6) is 0.410. The number of carbonyl (C=O) groups is 2. The zero-order valence-corrected chi connectivity index (χ0v) is 18.3. The Bertz CT molecular complexity index is 744. The summed E-state index contributed by atoms with van der Waals surface area (Å²) in [5, 5.41) is 6.71. The quantitative estimate of drug-likeness (QED) is 0.703. The van der Waals surface area contributed by atoms with Crippen LogP contribution in [-0.4, -0.2) is 80.0 Å². The molecule has 3 atom stereocenters. The molecule has 1 aromatic rings. The van der Waals surface area contributed by atoms with E-state index in [1.165, 1.54) is 11.3 Å². The van der Waals surface area contributed by atoms with E-state index in [9.17, 15) is 9.59 Å². The maximum atomic E-state index is 12.4. The van der Waals surface area contributed by atoms with E-state index in [2.05, 4.69) is 44.7 Å². The summed E-state index contributed by atoms with van der Waals surface area (Å²) >= 11 is 0. The summed E-state index contributed by atoms with van der Waals surface area (Å²) < 4.78 is 0. The van der Waals surface area contributed by atoms with Crippen LogP contribution < -0.4 is 15.5 Å². The third kappa shape index (κ3) is 4.78. The van der Waals surface area contributed by atoms with Crippen molar-refractivity contribution in [1.29, 1.82) is 0 Å². The summed E-state index contributed by atoms with van der Waals surface area (Å²) in [7, 11) is 4.09. The first-order valence-corrected chi connectivity index (χ1v) is 11.3. The van der Waals surface area contributed by atoms with E-state index in [1.54, 1.807) is 0 Å². The fourth-order valence-corrected chi connectivity index (χ4v) is 4.98. The third-order valence-electron chi connectivity index (χ3n) is 6.82. The highest BCUT2D eigenvalue weighted by Gasteiger charge is 2.43. The second-order valence-corrected chi connectivity index (χ2v) is 9.11. The van der Waals surface area contributed by atoms with E-state index in [1.807, 2.05) is 19.0 Å². The van der Waals surface area contributed by atoms with Crippen molar-refractivity contribution < 1.29 is 9.59 Å². The van der Waals surface area contributed by atoms with Crippen LogP contribution in [0.1, 0.15) is 37.7 Å². The Morgan fingerprint density at radius 2 is 1.93 bits per heavy atom. The largest absolute Gasteiger partial charge is 0.378 e. The van der Waals surface area contributed by atoms with Crippen molar-refractivity contribution in [3.8, 4) is 0 Å². The molecule has 2 amide bonds. The number of piperazine rings is 1. The molecule has 0 aliphatic carbocycles. The van der Waals surface area contributed by atoms with Crippen molar-refractivity contribution in [2.75, 3.05) is 45.2 Å². The minimum absolute atomic E-state index is 0.0701. The van der Waals surface area contributed by atoms with Gasteiger partial charge in [-0.05, 0) is 43.4 Å². The van der Waals surface area contributed by atoms with Gasteiger partial charge in [0, 0.05) is 71.0 Å². The normalized spacial score (nSPS) is 26.5. The molecule has 0 aromatic heterocycles. The molecule has 3 fully saturated rings. The lowest BCUT2D eigenvalue weighted by molar-refractivity contribution is -0.131. The SMILES string of the molecule is CN(C)c1ccc(CNC2CC3C(=O)NCC(CCC(=O)N4CCCC4)N3C2)cc1. The van der Waals surface area contributed by atoms with E-state index < -0.39 is 0 Å². The molecule has 3 unspecified atom stereocenters. The lowest BCUT2D eigenvalue weighted by Crippen LogP contribution is -2.58. The van der Waals surface area contributed by atoms with Gasteiger partial charge in [0.05, 0.1) is 6.04 Å². The van der Waals surface area contributed by atoms with Gasteiger partial charge in [-0.25, -0.2) is 0 Å². The number of nitrogens with zero attached hydrogens (tertiary/aromatic N) is 3. The van der Waals surface area contributed by atoms with E-state index >= 15 is 0 Å². The molecule has 4 rings (SSSR count). The monoisotopic (exact) mass is 413 g/mol. The second kappa shape index (κ2) is 9.35. The van der Waals surface area contributed by atoms with Gasteiger partial charge >= 0.3 is 0 Å². The number of fused-ring (bicyclic) bond motifs is 1. The number of likely N-dealkylation sites (tertiary alicyclic amines) is 1. The topological polar surface area (TPSA) is 67.9 Å². The van der Waals surface area contributed by atoms with Gasteiger partial charge in [0.2, 0.25) is 11.8 Å². The smallest absolute Gasteiger partial charge is 0.237 e. The first kappa shape index (κ1) is 21.1. The van der Waals surface area contributed by atoms with Crippen molar-refractivity contribution >= 4 is 17.5 Å². The molecule has 0 bridgehead atoms. The number of benzene rings is 1. The molecule has 7 heteroatoms. The molecule has 7 nitrogen and oxygen atoms in total. The first-order chi connectivity index (χ1) is 14.5. The summed E-state index contributed by atoms with van der Waals surface area (Å²) in [6.07, 6.45) is 4.50. The molecule has 0 saturated carbocycles. The van der Waals surface area contributed by atoms with Gasteiger partial charge in [-0.1, -0.05) is 12.1 Å². The molecule has 3 heterocycles. The fraction of sp³-hybridized carbons (Fsp3) is 0.652. The molecule has 3 aliphatic rings. The number of hydrogen-bond acceptors (Lipinski definition) is 5. The van der Waals surface area contributed by atoms with Crippen molar-refractivity contribution in [3.05, 3.63) is 29.8 Å². The third-order valence-corrected chi connectivity index (χ3v) is 6.82. The summed E-state index contributed by atoms with van der Waals surface area (Å²) in [6, 6.07) is 9.06. The number of rotatable bonds is 7. The van der Waals surface area contributed by atoms with Crippen LogP contribution in [0.3, 0.4) is 0 Å². The molecule has 164 valence electrons. The maximum absolute atomic E-state index is 12.4. The second-order valence-electron chi connectivity index (χ2n) is 9.11. The zero-order valence-electron chi connectivity index (χ0n) is 18.3. The molecule has 30 heavy (non-hydrogen) atoms. The highest BCUT2D eigenvalue weighted by atomic mass is 16.2. The summed E-state index contributed by atoms with van der Waals surface area (Å²) in [6.45, 7) is 4.15. The minimum Gasteiger partial charge on any atom is -0.378 e. The highest BCUT2D eigenvalue weighted by molar-refractivity contribution is 5.83. The molecule has 0 spiro atoms. The summed E-state index contributed by atoms with van der Waals surface area (Å²) in [5.41, 5.74) is 2.45. The number of amides is 2. The number of nitrogens with one attached hydrogen (secondary N) is 2. The molecule has 2 N–H and O–H groups in total.